The van der Waals surface area contributed by atoms with Gasteiger partial charge in [0.05, 0.1) is 0 Å². The molecule has 0 aliphatic rings. The fourth-order valence-electron chi connectivity index (χ4n) is 1.39. The van der Waals surface area contributed by atoms with Gasteiger partial charge in [0.15, 0.2) is 0 Å². The highest BCUT2D eigenvalue weighted by molar-refractivity contribution is 6.30. The number of halogens is 2. The summed E-state index contributed by atoms with van der Waals surface area (Å²) in [5.41, 5.74) is 6.05. The van der Waals surface area contributed by atoms with Gasteiger partial charge in [0.1, 0.15) is 23.7 Å². The van der Waals surface area contributed by atoms with Gasteiger partial charge in [-0.05, 0) is 18.2 Å². The molecule has 1 aromatic carbocycles. The Kier molecular flexibility index (Phi) is 2.55. The van der Waals surface area contributed by atoms with E-state index < -0.39 is 5.82 Å². The molecule has 0 amide bonds. The minimum Gasteiger partial charge on any atom is -0.447 e. The average Bonchev–Trinajstić information content (AvgIpc) is 2.63. The van der Waals surface area contributed by atoms with Gasteiger partial charge in [-0.25, -0.2) is 4.39 Å². The number of furan rings is 1. The van der Waals surface area contributed by atoms with Gasteiger partial charge in [-0.15, -0.1) is 0 Å². The summed E-state index contributed by atoms with van der Waals surface area (Å²) in [6, 6.07) is 5.93. The van der Waals surface area contributed by atoms with E-state index in [9.17, 15) is 4.39 Å². The minimum absolute atomic E-state index is 0.0307. The summed E-state index contributed by atoms with van der Waals surface area (Å²) in [6.07, 6.45) is 1.24. The Morgan fingerprint density at radius 1 is 1.38 bits per heavy atom. The smallest absolute Gasteiger partial charge is 0.208 e. The van der Waals surface area contributed by atoms with Crippen LogP contribution in [-0.4, -0.2) is 0 Å². The Hall–Kier alpha value is -1.99. The number of nitrogens with zero attached hydrogens (tertiary/aromatic N) is 1. The fraction of sp³-hybridized carbons (Fsp3) is 0. The molecule has 0 saturated carbocycles. The molecule has 5 heteroatoms. The van der Waals surface area contributed by atoms with Crippen LogP contribution < -0.4 is 5.73 Å². The van der Waals surface area contributed by atoms with Crippen LogP contribution in [0.3, 0.4) is 0 Å². The van der Waals surface area contributed by atoms with Crippen LogP contribution in [0.15, 0.2) is 28.9 Å². The van der Waals surface area contributed by atoms with Crippen molar-refractivity contribution in [3.8, 4) is 17.2 Å². The molecule has 0 spiro atoms. The molecule has 0 fully saturated rings. The maximum Gasteiger partial charge on any atom is 0.208 e. The van der Waals surface area contributed by atoms with Crippen LogP contribution in [0.2, 0.25) is 5.02 Å². The van der Waals surface area contributed by atoms with E-state index in [0.29, 0.717) is 10.6 Å². The molecule has 1 aromatic heterocycles. The number of hydrogen-bond acceptors (Lipinski definition) is 3. The Labute approximate surface area is 95.8 Å². The first kappa shape index (κ1) is 10.5. The molecule has 16 heavy (non-hydrogen) atoms. The van der Waals surface area contributed by atoms with E-state index in [0.717, 1.165) is 0 Å². The van der Waals surface area contributed by atoms with Gasteiger partial charge in [-0.1, -0.05) is 11.6 Å². The third kappa shape index (κ3) is 1.62. The van der Waals surface area contributed by atoms with Gasteiger partial charge >= 0.3 is 0 Å². The van der Waals surface area contributed by atoms with Gasteiger partial charge in [0.2, 0.25) is 5.88 Å². The predicted molar refractivity (Wildman–Crippen MR) is 58.2 cm³/mol. The normalized spacial score (nSPS) is 10.1. The zero-order valence-corrected chi connectivity index (χ0v) is 8.75. The first-order valence-corrected chi connectivity index (χ1v) is 4.73. The number of benzene rings is 1. The van der Waals surface area contributed by atoms with Crippen LogP contribution in [0.4, 0.5) is 10.3 Å². The standard InChI is InChI=1S/C11H6ClFN2O/c12-6-1-2-10(13)7(3-6)9-5-16-11(15)8(9)4-14/h1-3,5H,15H2. The lowest BCUT2D eigenvalue weighted by Gasteiger charge is -2.01. The molecule has 0 atom stereocenters. The molecule has 0 aliphatic carbocycles. The molecule has 0 radical (unpaired) electrons. The van der Waals surface area contributed by atoms with Crippen LogP contribution in [0, 0.1) is 17.1 Å². The Morgan fingerprint density at radius 2 is 2.12 bits per heavy atom. The Bertz CT molecular complexity index is 586. The molecule has 2 rings (SSSR count). The zero-order chi connectivity index (χ0) is 11.7. The van der Waals surface area contributed by atoms with Gasteiger partial charge in [0, 0.05) is 16.1 Å². The van der Waals surface area contributed by atoms with Gasteiger partial charge in [0.25, 0.3) is 0 Å². The van der Waals surface area contributed by atoms with Gasteiger partial charge in [-0.3, -0.25) is 0 Å². The zero-order valence-electron chi connectivity index (χ0n) is 8.00. The molecule has 0 unspecified atom stereocenters. The topological polar surface area (TPSA) is 63.0 Å². The summed E-state index contributed by atoms with van der Waals surface area (Å²) >= 11 is 5.76. The fourth-order valence-corrected chi connectivity index (χ4v) is 1.56. The molecule has 1 heterocycles. The van der Waals surface area contributed by atoms with Crippen molar-refractivity contribution >= 4 is 17.5 Å². The van der Waals surface area contributed by atoms with Crippen LogP contribution in [-0.2, 0) is 0 Å². The molecule has 0 bridgehead atoms. The number of nitrogen functional groups attached to an aromatic ring is 1. The van der Waals surface area contributed by atoms with E-state index in [1.54, 1.807) is 0 Å². The lowest BCUT2D eigenvalue weighted by Crippen LogP contribution is -1.88. The van der Waals surface area contributed by atoms with E-state index in [4.69, 9.17) is 27.0 Å². The molecule has 80 valence electrons. The van der Waals surface area contributed by atoms with E-state index in [-0.39, 0.29) is 17.0 Å². The Morgan fingerprint density at radius 3 is 2.81 bits per heavy atom. The predicted octanol–water partition coefficient (Wildman–Crippen LogP) is 3.19. The van der Waals surface area contributed by atoms with Crippen molar-refractivity contribution in [3.05, 3.63) is 40.9 Å². The molecular weight excluding hydrogens is 231 g/mol. The molecule has 2 aromatic rings. The van der Waals surface area contributed by atoms with Gasteiger partial charge < -0.3 is 10.2 Å². The van der Waals surface area contributed by atoms with Crippen molar-refractivity contribution in [1.82, 2.24) is 0 Å². The third-order valence-corrected chi connectivity index (χ3v) is 2.38. The molecule has 0 aliphatic heterocycles. The second-order valence-electron chi connectivity index (χ2n) is 3.12. The van der Waals surface area contributed by atoms with E-state index in [1.165, 1.54) is 24.5 Å². The molecular formula is C11H6ClFN2O. The van der Waals surface area contributed by atoms with Crippen LogP contribution in [0.25, 0.3) is 11.1 Å². The van der Waals surface area contributed by atoms with Gasteiger partial charge in [-0.2, -0.15) is 5.26 Å². The number of anilines is 1. The monoisotopic (exact) mass is 236 g/mol. The largest absolute Gasteiger partial charge is 0.447 e. The summed E-state index contributed by atoms with van der Waals surface area (Å²) in [7, 11) is 0. The lowest BCUT2D eigenvalue weighted by atomic mass is 10.0. The maximum atomic E-state index is 13.5. The average molecular weight is 237 g/mol. The van der Waals surface area contributed by atoms with Crippen LogP contribution in [0.5, 0.6) is 0 Å². The SMILES string of the molecule is N#Cc1c(-c2cc(Cl)ccc2F)coc1N. The summed E-state index contributed by atoms with van der Waals surface area (Å²) in [4.78, 5) is 0. The van der Waals surface area contributed by atoms with Crippen molar-refractivity contribution in [3.63, 3.8) is 0 Å². The lowest BCUT2D eigenvalue weighted by molar-refractivity contribution is 0.587. The van der Waals surface area contributed by atoms with E-state index in [2.05, 4.69) is 0 Å². The van der Waals surface area contributed by atoms with Crippen molar-refractivity contribution in [2.45, 2.75) is 0 Å². The van der Waals surface area contributed by atoms with E-state index >= 15 is 0 Å². The van der Waals surface area contributed by atoms with Crippen LogP contribution in [0.1, 0.15) is 5.56 Å². The van der Waals surface area contributed by atoms with Crippen molar-refractivity contribution in [1.29, 1.82) is 5.26 Å². The van der Waals surface area contributed by atoms with E-state index in [1.807, 2.05) is 6.07 Å². The second-order valence-corrected chi connectivity index (χ2v) is 3.56. The van der Waals surface area contributed by atoms with Crippen molar-refractivity contribution in [2.24, 2.45) is 0 Å². The minimum atomic E-state index is -0.485. The maximum absolute atomic E-state index is 13.5. The number of nitriles is 1. The summed E-state index contributed by atoms with van der Waals surface area (Å²) in [5.74, 6) is -0.515. The van der Waals surface area contributed by atoms with Crippen molar-refractivity contribution in [2.75, 3.05) is 5.73 Å². The summed E-state index contributed by atoms with van der Waals surface area (Å²) in [6.45, 7) is 0. The molecule has 2 N–H and O–H groups in total. The number of hydrogen-bond donors (Lipinski definition) is 1. The third-order valence-electron chi connectivity index (χ3n) is 2.15. The summed E-state index contributed by atoms with van der Waals surface area (Å²) < 4.78 is 18.4. The molecule has 3 nitrogen and oxygen atoms in total. The highest BCUT2D eigenvalue weighted by Gasteiger charge is 2.16. The number of rotatable bonds is 1. The highest BCUT2D eigenvalue weighted by Crippen LogP contribution is 2.32. The van der Waals surface area contributed by atoms with Crippen molar-refractivity contribution < 1.29 is 8.81 Å². The number of nitrogens with two attached hydrogens (primary N) is 1. The quantitative estimate of drug-likeness (QED) is 0.827. The first-order chi connectivity index (χ1) is 7.63. The first-order valence-electron chi connectivity index (χ1n) is 4.36. The summed E-state index contributed by atoms with van der Waals surface area (Å²) in [5, 5.41) is 9.24. The molecule has 0 saturated heterocycles. The highest BCUT2D eigenvalue weighted by atomic mass is 35.5. The van der Waals surface area contributed by atoms with Crippen LogP contribution >= 0.6 is 11.6 Å². The second kappa shape index (κ2) is 3.87. The Balaban J connectivity index is 2.68.